The molecule has 0 bridgehead atoms. The van der Waals surface area contributed by atoms with Gasteiger partial charge in [-0.2, -0.15) is 13.2 Å². The van der Waals surface area contributed by atoms with E-state index in [0.717, 1.165) is 24.8 Å². The first kappa shape index (κ1) is 12.1. The molecule has 1 atom stereocenters. The van der Waals surface area contributed by atoms with E-state index in [2.05, 4.69) is 12.2 Å². The molecule has 2 rings (SSSR count). The van der Waals surface area contributed by atoms with E-state index in [1.807, 2.05) is 11.9 Å². The van der Waals surface area contributed by atoms with Gasteiger partial charge in [-0.1, -0.05) is 6.92 Å². The minimum Gasteiger partial charge on any atom is -0.383 e. The van der Waals surface area contributed by atoms with Crippen molar-refractivity contribution in [1.29, 1.82) is 0 Å². The Balaban J connectivity index is 2.41. The van der Waals surface area contributed by atoms with Crippen LogP contribution in [0.1, 0.15) is 12.5 Å². The third kappa shape index (κ3) is 2.48. The van der Waals surface area contributed by atoms with Gasteiger partial charge in [-0.05, 0) is 24.1 Å². The number of rotatable bonds is 0. The number of anilines is 2. The maximum atomic E-state index is 12.6. The quantitative estimate of drug-likeness (QED) is 0.754. The van der Waals surface area contributed by atoms with Crippen molar-refractivity contribution in [2.45, 2.75) is 13.1 Å². The molecule has 0 amide bonds. The molecule has 0 aliphatic carbocycles. The van der Waals surface area contributed by atoms with Crippen molar-refractivity contribution in [2.75, 3.05) is 30.4 Å². The number of alkyl halides is 3. The van der Waals surface area contributed by atoms with Crippen LogP contribution < -0.4 is 10.2 Å². The molecule has 1 aliphatic heterocycles. The number of nitrogens with one attached hydrogen (secondary N) is 1. The van der Waals surface area contributed by atoms with Crippen LogP contribution >= 0.6 is 0 Å². The van der Waals surface area contributed by atoms with Gasteiger partial charge in [0.15, 0.2) is 0 Å². The van der Waals surface area contributed by atoms with Crippen LogP contribution in [0.3, 0.4) is 0 Å². The number of fused-ring (bicyclic) bond motifs is 1. The molecule has 2 nitrogen and oxygen atoms in total. The van der Waals surface area contributed by atoms with Crippen LogP contribution in [0.2, 0.25) is 0 Å². The van der Waals surface area contributed by atoms with E-state index in [1.165, 1.54) is 12.1 Å². The number of hydrogen-bond donors (Lipinski definition) is 1. The number of halogens is 3. The lowest BCUT2D eigenvalue weighted by atomic mass is 10.1. The lowest BCUT2D eigenvalue weighted by Gasteiger charge is -2.21. The average molecular weight is 244 g/mol. The molecule has 1 aromatic rings. The Labute approximate surface area is 98.4 Å². The zero-order chi connectivity index (χ0) is 12.6. The minimum atomic E-state index is -4.28. The van der Waals surface area contributed by atoms with Crippen LogP contribution in [0.15, 0.2) is 18.2 Å². The van der Waals surface area contributed by atoms with Crippen molar-refractivity contribution >= 4 is 11.4 Å². The summed E-state index contributed by atoms with van der Waals surface area (Å²) in [6.07, 6.45) is -4.28. The Morgan fingerprint density at radius 2 is 2.06 bits per heavy atom. The zero-order valence-electron chi connectivity index (χ0n) is 9.80. The molecule has 0 radical (unpaired) electrons. The highest BCUT2D eigenvalue weighted by Crippen LogP contribution is 2.36. The van der Waals surface area contributed by atoms with Crippen molar-refractivity contribution in [1.82, 2.24) is 0 Å². The smallest absolute Gasteiger partial charge is 0.383 e. The van der Waals surface area contributed by atoms with Gasteiger partial charge in [0.25, 0.3) is 0 Å². The van der Waals surface area contributed by atoms with Gasteiger partial charge in [0.05, 0.1) is 16.9 Å². The van der Waals surface area contributed by atoms with Gasteiger partial charge in [-0.15, -0.1) is 0 Å². The molecule has 94 valence electrons. The molecular weight excluding hydrogens is 229 g/mol. The molecule has 1 unspecified atom stereocenters. The standard InChI is InChI=1S/C12H15F3N2/c1-8-6-16-10-4-3-9(12(13,14)15)5-11(10)17(2)7-8/h3-5,8,16H,6-7H2,1-2H3. The van der Waals surface area contributed by atoms with E-state index in [0.29, 0.717) is 11.6 Å². The Hall–Kier alpha value is -1.39. The summed E-state index contributed by atoms with van der Waals surface area (Å²) in [6, 6.07) is 3.84. The van der Waals surface area contributed by atoms with Crippen molar-refractivity contribution in [3.05, 3.63) is 23.8 Å². The van der Waals surface area contributed by atoms with Gasteiger partial charge in [-0.3, -0.25) is 0 Å². The monoisotopic (exact) mass is 244 g/mol. The molecule has 0 aromatic heterocycles. The Morgan fingerprint density at radius 1 is 1.35 bits per heavy atom. The summed E-state index contributed by atoms with van der Waals surface area (Å²) in [5.74, 6) is 0.404. The fourth-order valence-corrected chi connectivity index (χ4v) is 2.09. The summed E-state index contributed by atoms with van der Waals surface area (Å²) < 4.78 is 37.9. The summed E-state index contributed by atoms with van der Waals surface area (Å²) >= 11 is 0. The second-order valence-electron chi connectivity index (χ2n) is 4.60. The van der Waals surface area contributed by atoms with Gasteiger partial charge < -0.3 is 10.2 Å². The summed E-state index contributed by atoms with van der Waals surface area (Å²) in [6.45, 7) is 3.60. The van der Waals surface area contributed by atoms with E-state index in [4.69, 9.17) is 0 Å². The van der Waals surface area contributed by atoms with E-state index < -0.39 is 11.7 Å². The molecule has 1 aliphatic rings. The topological polar surface area (TPSA) is 15.3 Å². The first-order valence-corrected chi connectivity index (χ1v) is 5.54. The lowest BCUT2D eigenvalue weighted by Crippen LogP contribution is -2.24. The zero-order valence-corrected chi connectivity index (χ0v) is 9.80. The predicted molar refractivity (Wildman–Crippen MR) is 62.4 cm³/mol. The first-order chi connectivity index (χ1) is 7.88. The predicted octanol–water partition coefficient (Wildman–Crippen LogP) is 3.20. The van der Waals surface area contributed by atoms with Gasteiger partial charge in [-0.25, -0.2) is 0 Å². The summed E-state index contributed by atoms with van der Waals surface area (Å²) in [5, 5.41) is 3.17. The Kier molecular flexibility index (Phi) is 2.93. The van der Waals surface area contributed by atoms with Gasteiger partial charge in [0.2, 0.25) is 0 Å². The highest BCUT2D eigenvalue weighted by molar-refractivity contribution is 5.71. The first-order valence-electron chi connectivity index (χ1n) is 5.54. The third-order valence-corrected chi connectivity index (χ3v) is 2.96. The Bertz CT molecular complexity index is 415. The molecule has 0 saturated heterocycles. The highest BCUT2D eigenvalue weighted by Gasteiger charge is 2.31. The van der Waals surface area contributed by atoms with Crippen LogP contribution in [-0.2, 0) is 6.18 Å². The van der Waals surface area contributed by atoms with E-state index in [9.17, 15) is 13.2 Å². The van der Waals surface area contributed by atoms with Gasteiger partial charge >= 0.3 is 6.18 Å². The number of nitrogens with zero attached hydrogens (tertiary/aromatic N) is 1. The molecule has 17 heavy (non-hydrogen) atoms. The van der Waals surface area contributed by atoms with E-state index in [1.54, 1.807) is 0 Å². The van der Waals surface area contributed by atoms with E-state index >= 15 is 0 Å². The second-order valence-corrected chi connectivity index (χ2v) is 4.60. The van der Waals surface area contributed by atoms with E-state index in [-0.39, 0.29) is 0 Å². The molecule has 0 saturated carbocycles. The third-order valence-electron chi connectivity index (χ3n) is 2.96. The summed E-state index contributed by atoms with van der Waals surface area (Å²) in [5.41, 5.74) is 0.786. The largest absolute Gasteiger partial charge is 0.416 e. The maximum absolute atomic E-state index is 12.6. The average Bonchev–Trinajstić information content (AvgIpc) is 2.37. The normalized spacial score (nSPS) is 20.5. The second kappa shape index (κ2) is 4.13. The lowest BCUT2D eigenvalue weighted by molar-refractivity contribution is -0.137. The van der Waals surface area contributed by atoms with Crippen LogP contribution in [-0.4, -0.2) is 20.1 Å². The molecular formula is C12H15F3N2. The van der Waals surface area contributed by atoms with Crippen molar-refractivity contribution in [2.24, 2.45) is 5.92 Å². The number of hydrogen-bond acceptors (Lipinski definition) is 2. The summed E-state index contributed by atoms with van der Waals surface area (Å²) in [4.78, 5) is 1.87. The van der Waals surface area contributed by atoms with Gasteiger partial charge in [0.1, 0.15) is 0 Å². The fraction of sp³-hybridized carbons (Fsp3) is 0.500. The highest BCUT2D eigenvalue weighted by atomic mass is 19.4. The molecule has 0 spiro atoms. The van der Waals surface area contributed by atoms with Crippen LogP contribution in [0.5, 0.6) is 0 Å². The van der Waals surface area contributed by atoms with Crippen molar-refractivity contribution < 1.29 is 13.2 Å². The minimum absolute atomic E-state index is 0.404. The molecule has 1 N–H and O–H groups in total. The molecule has 1 heterocycles. The molecule has 0 fully saturated rings. The van der Waals surface area contributed by atoms with Crippen molar-refractivity contribution in [3.63, 3.8) is 0 Å². The van der Waals surface area contributed by atoms with Crippen LogP contribution in [0.4, 0.5) is 24.5 Å². The maximum Gasteiger partial charge on any atom is 0.416 e. The fourth-order valence-electron chi connectivity index (χ4n) is 2.09. The number of benzene rings is 1. The van der Waals surface area contributed by atoms with Crippen molar-refractivity contribution in [3.8, 4) is 0 Å². The Morgan fingerprint density at radius 3 is 2.71 bits per heavy atom. The summed E-state index contributed by atoms with van der Waals surface area (Å²) in [7, 11) is 1.82. The molecule has 5 heteroatoms. The van der Waals surface area contributed by atoms with Gasteiger partial charge in [0, 0.05) is 20.1 Å². The SMILES string of the molecule is CC1CNc2ccc(C(F)(F)F)cc2N(C)C1. The molecule has 1 aromatic carbocycles. The van der Waals surface area contributed by atoms with Crippen LogP contribution in [0, 0.1) is 5.92 Å². The van der Waals surface area contributed by atoms with Crippen LogP contribution in [0.25, 0.3) is 0 Å².